The van der Waals surface area contributed by atoms with Gasteiger partial charge in [-0.05, 0) is 86.2 Å². The summed E-state index contributed by atoms with van der Waals surface area (Å²) in [5.41, 5.74) is 1.72. The summed E-state index contributed by atoms with van der Waals surface area (Å²) in [4.78, 5) is 4.87. The van der Waals surface area contributed by atoms with Gasteiger partial charge in [-0.15, -0.1) is 24.3 Å². The number of rotatable bonds is 9. The first-order valence-corrected chi connectivity index (χ1v) is 23.0. The van der Waals surface area contributed by atoms with Gasteiger partial charge in [0, 0.05) is 56.4 Å². The molecule has 9 aromatic carbocycles. The van der Waals surface area contributed by atoms with Crippen molar-refractivity contribution in [3.63, 3.8) is 0 Å². The smallest absolute Gasteiger partial charge is 0.268 e. The second-order valence-electron chi connectivity index (χ2n) is 18.1. The number of hydrogen-bond acceptors (Lipinski definition) is 2. The SMILES string of the molecule is [2H]c1c([2H])c([2H])c(-c2cccc(-c3c([2H])c([2H])c([2H])c([2H])c3[2H])c2-[n+]2[c-]n(-c3[c-]c(Oc4[c-]c5c(c(-n6c7c([2H])c([2H])c([2H])c([2H])c7c7c([2H])c([2H])c([2H])c([2H])c76)c4)c4ccccc4n5-c4cc(C([2H])(C)C(C)(C)C)ccn4)ccc3)c3ccccc32)c([2H])c1[2H].[Pt]. The first kappa shape index (κ1) is 29.3. The second kappa shape index (κ2) is 18.4. The Labute approximate surface area is 466 Å². The van der Waals surface area contributed by atoms with E-state index in [-0.39, 0.29) is 88.0 Å². The number of aromatic nitrogens is 5. The maximum Gasteiger partial charge on any atom is 0.268 e. The van der Waals surface area contributed by atoms with Gasteiger partial charge in [-0.2, -0.15) is 12.1 Å². The standard InChI is InChI=1S/C66H49N5O.Pt/c1-44(66(2,3)4)47-37-38-67-63(39-47)71-58-34-16-13-29-55(58)64-61(70-56-32-14-11-27-53(56)54-28-12-15-33-57(54)70)41-50(42-62(64)71)72-49-26-19-25-48(40-49)68-43-69(60-36-18-17-35-59(60)68)65-51(45-21-7-5-8-22-45)30-20-31-52(65)46-23-9-6-10-24-46;/h5-39,41,44H,1-4H3;/q-2;/i5D,6D,7D,8D,9D,10D,11D,12D,14D,15D,21D,22D,23D,24D,27D,28D,32D,33D,44D;. The summed E-state index contributed by atoms with van der Waals surface area (Å²) in [6, 6.07) is 25.3. The average molecular weight is 1140 g/mol. The van der Waals surface area contributed by atoms with Gasteiger partial charge in [0.25, 0.3) is 6.33 Å². The van der Waals surface area contributed by atoms with Crippen LogP contribution in [0.1, 0.15) is 65.2 Å². The van der Waals surface area contributed by atoms with Crippen LogP contribution < -0.4 is 9.30 Å². The predicted octanol–water partition coefficient (Wildman–Crippen LogP) is 16.2. The van der Waals surface area contributed by atoms with Gasteiger partial charge in [-0.25, -0.2) is 4.98 Å². The minimum atomic E-state index is -1.13. The molecule has 0 saturated heterocycles. The molecule has 0 bridgehead atoms. The molecule has 0 amide bonds. The molecule has 4 aromatic heterocycles. The number of para-hydroxylation sites is 6. The van der Waals surface area contributed by atoms with Gasteiger partial charge in [0.15, 0.2) is 0 Å². The molecule has 0 radical (unpaired) electrons. The Morgan fingerprint density at radius 2 is 1.22 bits per heavy atom. The first-order chi connectivity index (χ1) is 43.1. The second-order valence-corrected chi connectivity index (χ2v) is 18.1. The van der Waals surface area contributed by atoms with Crippen molar-refractivity contribution < 1.29 is 56.4 Å². The molecule has 0 N–H and O–H groups in total. The van der Waals surface area contributed by atoms with E-state index in [2.05, 4.69) is 18.5 Å². The third kappa shape index (κ3) is 7.85. The molecule has 13 rings (SSSR count). The van der Waals surface area contributed by atoms with Gasteiger partial charge in [-0.3, -0.25) is 4.57 Å². The number of nitrogens with zero attached hydrogens (tertiary/aromatic N) is 5. The van der Waals surface area contributed by atoms with E-state index >= 15 is 0 Å². The number of imidazole rings is 1. The third-order valence-corrected chi connectivity index (χ3v) is 13.0. The molecular weight excluding hydrogens is 1070 g/mol. The topological polar surface area (TPSA) is 40.8 Å². The maximum absolute atomic E-state index is 9.61. The minimum Gasteiger partial charge on any atom is -0.510 e. The fourth-order valence-corrected chi connectivity index (χ4v) is 9.41. The van der Waals surface area contributed by atoms with Crippen molar-refractivity contribution in [2.75, 3.05) is 0 Å². The number of hydrogen-bond donors (Lipinski definition) is 0. The average Bonchev–Trinajstić information content (AvgIpc) is 1.53. The summed E-state index contributed by atoms with van der Waals surface area (Å²) >= 11 is 0. The zero-order valence-corrected chi connectivity index (χ0v) is 41.6. The van der Waals surface area contributed by atoms with Crippen molar-refractivity contribution in [2.24, 2.45) is 5.41 Å². The Bertz CT molecular complexity index is 5140. The Kier molecular flexibility index (Phi) is 7.37. The number of fused-ring (bicyclic) bond motifs is 7. The van der Waals surface area contributed by atoms with Crippen LogP contribution >= 0.6 is 0 Å². The summed E-state index contributed by atoms with van der Waals surface area (Å²) in [7, 11) is 0. The van der Waals surface area contributed by atoms with Gasteiger partial charge < -0.3 is 18.4 Å². The third-order valence-electron chi connectivity index (χ3n) is 13.0. The summed E-state index contributed by atoms with van der Waals surface area (Å²) in [5.74, 6) is -0.707. The molecule has 4 heterocycles. The van der Waals surface area contributed by atoms with Crippen LogP contribution in [0, 0.1) is 23.9 Å². The van der Waals surface area contributed by atoms with Crippen LogP contribution in [0.3, 0.4) is 0 Å². The molecule has 7 heteroatoms. The zero-order valence-electron chi connectivity index (χ0n) is 58.4. The maximum atomic E-state index is 9.61. The monoisotopic (exact) mass is 1140 g/mol. The molecule has 0 aliphatic heterocycles. The van der Waals surface area contributed by atoms with Crippen molar-refractivity contribution in [1.29, 1.82) is 0 Å². The number of benzene rings is 9. The van der Waals surface area contributed by atoms with Crippen LogP contribution in [0.15, 0.2) is 218 Å². The van der Waals surface area contributed by atoms with Crippen LogP contribution in [0.5, 0.6) is 11.5 Å². The molecule has 0 fully saturated rings. The largest absolute Gasteiger partial charge is 0.510 e. The Morgan fingerprint density at radius 3 is 1.90 bits per heavy atom. The fraction of sp³-hybridized carbons (Fsp3) is 0.0909. The van der Waals surface area contributed by atoms with E-state index < -0.39 is 120 Å². The molecule has 1 atom stereocenters. The van der Waals surface area contributed by atoms with E-state index in [1.807, 2.05) is 62.6 Å². The van der Waals surface area contributed by atoms with E-state index in [0.717, 1.165) is 0 Å². The zero-order chi connectivity index (χ0) is 65.1. The van der Waals surface area contributed by atoms with Crippen molar-refractivity contribution >= 4 is 54.6 Å². The summed E-state index contributed by atoms with van der Waals surface area (Å²) < 4.78 is 184. The fourth-order valence-electron chi connectivity index (χ4n) is 9.41. The Hall–Kier alpha value is -8.31. The van der Waals surface area contributed by atoms with E-state index in [1.165, 1.54) is 27.3 Å². The van der Waals surface area contributed by atoms with Crippen molar-refractivity contribution in [2.45, 2.75) is 33.6 Å². The molecule has 13 aromatic rings. The Morgan fingerprint density at radius 1 is 0.603 bits per heavy atom. The number of pyridine rings is 1. The predicted molar refractivity (Wildman–Crippen MR) is 293 cm³/mol. The van der Waals surface area contributed by atoms with Crippen LogP contribution in [0.25, 0.3) is 99.8 Å². The molecule has 0 aliphatic carbocycles. The molecule has 6 nitrogen and oxygen atoms in total. The first-order valence-electron chi connectivity index (χ1n) is 32.5. The van der Waals surface area contributed by atoms with E-state index in [4.69, 9.17) is 28.9 Å². The summed E-state index contributed by atoms with van der Waals surface area (Å²) in [6.45, 7) is 7.73. The number of ether oxygens (including phenoxy) is 1. The van der Waals surface area contributed by atoms with E-state index in [0.29, 0.717) is 49.9 Å². The van der Waals surface area contributed by atoms with Crippen molar-refractivity contribution in [3.8, 4) is 56.6 Å². The molecule has 0 spiro atoms. The van der Waals surface area contributed by atoms with Crippen LogP contribution in [-0.2, 0) is 21.1 Å². The van der Waals surface area contributed by atoms with Crippen LogP contribution in [-0.4, -0.2) is 18.7 Å². The molecule has 356 valence electrons. The van der Waals surface area contributed by atoms with Crippen molar-refractivity contribution in [1.82, 2.24) is 18.7 Å². The Balaban J connectivity index is 0.00000816. The van der Waals surface area contributed by atoms with Gasteiger partial charge in [-0.1, -0.05) is 196 Å². The molecule has 1 unspecified atom stereocenters. The summed E-state index contributed by atoms with van der Waals surface area (Å²) in [5, 5.41) is 0.719. The van der Waals surface area contributed by atoms with Gasteiger partial charge in [0.05, 0.1) is 52.4 Å². The minimum absolute atomic E-state index is 0. The van der Waals surface area contributed by atoms with Gasteiger partial charge >= 0.3 is 0 Å². The van der Waals surface area contributed by atoms with Crippen LogP contribution in [0.4, 0.5) is 0 Å². The van der Waals surface area contributed by atoms with Gasteiger partial charge in [0.1, 0.15) is 5.82 Å². The molecule has 0 saturated carbocycles. The van der Waals surface area contributed by atoms with E-state index in [9.17, 15) is 6.85 Å². The molecule has 73 heavy (non-hydrogen) atoms. The normalized spacial score (nSPS) is 16.3. The van der Waals surface area contributed by atoms with Crippen LogP contribution in [0.2, 0.25) is 0 Å². The molecule has 0 aliphatic rings. The quantitative estimate of drug-likeness (QED) is 0.107. The summed E-state index contributed by atoms with van der Waals surface area (Å²) in [6.07, 6.45) is 4.97. The van der Waals surface area contributed by atoms with Gasteiger partial charge in [0.2, 0.25) is 0 Å². The molecular formula is C66H49N5OPt-2. The van der Waals surface area contributed by atoms with Crippen molar-refractivity contribution in [3.05, 3.63) is 242 Å². The van der Waals surface area contributed by atoms with E-state index in [1.54, 1.807) is 65.4 Å².